The molecule has 1 aliphatic rings. The van der Waals surface area contributed by atoms with E-state index in [1.165, 1.54) is 0 Å². The minimum atomic E-state index is -0.880. The van der Waals surface area contributed by atoms with Gasteiger partial charge in [-0.15, -0.1) is 0 Å². The maximum Gasteiger partial charge on any atom is 0.303 e. The predicted octanol–water partition coefficient (Wildman–Crippen LogP) is 7.25. The Hall–Kier alpha value is -4.66. The van der Waals surface area contributed by atoms with E-state index in [0.29, 0.717) is 45.3 Å². The highest BCUT2D eigenvalue weighted by molar-refractivity contribution is 5.92. The van der Waals surface area contributed by atoms with Gasteiger partial charge in [0.1, 0.15) is 6.04 Å². The molecular formula is C54H85N5O9. The second kappa shape index (κ2) is 28.7. The van der Waals surface area contributed by atoms with Gasteiger partial charge >= 0.3 is 5.97 Å². The van der Waals surface area contributed by atoms with Crippen molar-refractivity contribution in [2.45, 2.75) is 163 Å². The van der Waals surface area contributed by atoms with Crippen molar-refractivity contribution in [3.63, 3.8) is 0 Å². The zero-order valence-corrected chi connectivity index (χ0v) is 43.2. The van der Waals surface area contributed by atoms with Crippen LogP contribution >= 0.6 is 0 Å². The summed E-state index contributed by atoms with van der Waals surface area (Å²) in [4.78, 5) is 85.1. The lowest BCUT2D eigenvalue weighted by Gasteiger charge is -2.37. The molecule has 0 aromatic heterocycles. The zero-order chi connectivity index (χ0) is 50.7. The first kappa shape index (κ1) is 57.7. The summed E-state index contributed by atoms with van der Waals surface area (Å²) in [5, 5.41) is 18.3. The van der Waals surface area contributed by atoms with Gasteiger partial charge in [0.15, 0.2) is 5.78 Å². The SMILES string of the molecule is CC[C@H](C)[C@H](CCC(C)C(=O)[C@@H](NC(=O)[C@H](C(C)C)N(C)CCCC(=O)O)C(C)C)[C@@H](CC(=O)N1CCC[C@H]1[C@H](OC)[C@@H](C)C(=O)N[C@H](C(=O)NCc1ccccc1)[C@H](C)c1ccccc1)OC. The molecule has 3 rings (SSSR count). The van der Waals surface area contributed by atoms with Crippen molar-refractivity contribution in [2.75, 3.05) is 34.4 Å². The summed E-state index contributed by atoms with van der Waals surface area (Å²) in [6, 6.07) is 16.8. The van der Waals surface area contributed by atoms with Gasteiger partial charge in [0.25, 0.3) is 0 Å². The number of rotatable bonds is 30. The summed E-state index contributed by atoms with van der Waals surface area (Å²) >= 11 is 0. The summed E-state index contributed by atoms with van der Waals surface area (Å²) in [5.41, 5.74) is 1.86. The zero-order valence-electron chi connectivity index (χ0n) is 43.2. The summed E-state index contributed by atoms with van der Waals surface area (Å²) < 4.78 is 12.2. The molecule has 380 valence electrons. The van der Waals surface area contributed by atoms with Gasteiger partial charge in [-0.05, 0) is 80.5 Å². The number of Topliss-reactive ketones (excluding diaryl/α,β-unsaturated/α-hetero) is 1. The number of nitrogens with zero attached hydrogens (tertiary/aromatic N) is 2. The van der Waals surface area contributed by atoms with Crippen LogP contribution in [0.2, 0.25) is 0 Å². The lowest BCUT2D eigenvalue weighted by molar-refractivity contribution is -0.143. The quantitative estimate of drug-likeness (QED) is 0.0623. The molecule has 2 aromatic rings. The average Bonchev–Trinajstić information content (AvgIpc) is 3.80. The molecule has 2 aromatic carbocycles. The number of carbonyl (C=O) groups is 6. The van der Waals surface area contributed by atoms with E-state index in [0.717, 1.165) is 24.0 Å². The predicted molar refractivity (Wildman–Crippen MR) is 266 cm³/mol. The number of carbonyl (C=O) groups excluding carboxylic acids is 5. The first-order valence-electron chi connectivity index (χ1n) is 25.1. The second-order valence-electron chi connectivity index (χ2n) is 20.0. The molecule has 0 aliphatic carbocycles. The molecule has 1 unspecified atom stereocenters. The van der Waals surface area contributed by atoms with Crippen LogP contribution in [-0.2, 0) is 44.8 Å². The number of hydrogen-bond acceptors (Lipinski definition) is 9. The average molecular weight is 948 g/mol. The summed E-state index contributed by atoms with van der Waals surface area (Å²) in [7, 11) is 5.00. The van der Waals surface area contributed by atoms with E-state index >= 15 is 0 Å². The Labute approximate surface area is 407 Å². The van der Waals surface area contributed by atoms with E-state index < -0.39 is 42.2 Å². The number of ketones is 1. The standard InChI is InChI=1S/C54H85N5O9/c1-13-36(6)42(29-28-37(7)50(63)47(34(2)3)56-54(66)49(35(4)5)58(10)30-21-27-46(61)62)44(67-11)32-45(60)59-31-20-26-43(59)51(68-12)39(9)52(64)57-48(38(8)41-24-18-15-19-25-41)53(65)55-33-40-22-16-14-17-23-40/h14-19,22-25,34-39,42-44,47-49,51H,13,20-21,26-33H2,1-12H3,(H,55,65)(H,56,66)(H,57,64)(H,61,62)/t36-,37?,38+,39+,42-,43-,44+,47-,48-,49-,51+/m0/s1. The van der Waals surface area contributed by atoms with Crippen LogP contribution in [0.3, 0.4) is 0 Å². The lowest BCUT2D eigenvalue weighted by Crippen LogP contribution is -2.55. The topological polar surface area (TPSA) is 184 Å². The lowest BCUT2D eigenvalue weighted by atomic mass is 9.79. The number of likely N-dealkylation sites (tertiary alicyclic amines) is 1. The van der Waals surface area contributed by atoms with E-state index in [-0.39, 0.29) is 83.8 Å². The minimum Gasteiger partial charge on any atom is -0.481 e. The van der Waals surface area contributed by atoms with Gasteiger partial charge in [0.2, 0.25) is 23.6 Å². The van der Waals surface area contributed by atoms with E-state index in [1.54, 1.807) is 21.1 Å². The Kier molecular flexibility index (Phi) is 24.4. The van der Waals surface area contributed by atoms with Gasteiger partial charge in [-0.25, -0.2) is 0 Å². The highest BCUT2D eigenvalue weighted by Crippen LogP contribution is 2.33. The van der Waals surface area contributed by atoms with E-state index in [9.17, 15) is 28.8 Å². The summed E-state index contributed by atoms with van der Waals surface area (Å²) in [6.07, 6.45) is 2.92. The van der Waals surface area contributed by atoms with Crippen molar-refractivity contribution >= 4 is 35.4 Å². The van der Waals surface area contributed by atoms with Crippen LogP contribution in [0.15, 0.2) is 60.7 Å². The minimum absolute atomic E-state index is 0.0134. The largest absolute Gasteiger partial charge is 0.481 e. The molecule has 14 nitrogen and oxygen atoms in total. The summed E-state index contributed by atoms with van der Waals surface area (Å²) in [6.45, 7) is 18.9. The Morgan fingerprint density at radius 1 is 0.794 bits per heavy atom. The fourth-order valence-electron chi connectivity index (χ4n) is 10.00. The first-order valence-corrected chi connectivity index (χ1v) is 25.1. The van der Waals surface area contributed by atoms with Crippen molar-refractivity contribution in [3.8, 4) is 0 Å². The van der Waals surface area contributed by atoms with Gasteiger partial charge in [0, 0.05) is 45.6 Å². The molecular weight excluding hydrogens is 863 g/mol. The van der Waals surface area contributed by atoms with Crippen LogP contribution in [0.25, 0.3) is 0 Å². The Morgan fingerprint density at radius 3 is 1.97 bits per heavy atom. The van der Waals surface area contributed by atoms with Gasteiger partial charge in [-0.2, -0.15) is 0 Å². The highest BCUT2D eigenvalue weighted by atomic mass is 16.5. The molecule has 0 saturated carbocycles. The van der Waals surface area contributed by atoms with E-state index in [4.69, 9.17) is 14.6 Å². The van der Waals surface area contributed by atoms with Crippen molar-refractivity contribution < 1.29 is 43.3 Å². The maximum absolute atomic E-state index is 14.4. The van der Waals surface area contributed by atoms with E-state index in [1.807, 2.05) is 119 Å². The number of benzene rings is 2. The monoisotopic (exact) mass is 948 g/mol. The molecule has 4 N–H and O–H groups in total. The third-order valence-corrected chi connectivity index (χ3v) is 14.4. The van der Waals surface area contributed by atoms with Crippen LogP contribution in [0.5, 0.6) is 0 Å². The Balaban J connectivity index is 1.73. The maximum atomic E-state index is 14.4. The number of methoxy groups -OCH3 is 2. The van der Waals surface area contributed by atoms with Gasteiger partial charge < -0.3 is 35.4 Å². The Bertz CT molecular complexity index is 1880. The molecule has 1 aliphatic heterocycles. The molecule has 1 heterocycles. The smallest absolute Gasteiger partial charge is 0.303 e. The molecule has 0 spiro atoms. The van der Waals surface area contributed by atoms with Crippen LogP contribution in [0.1, 0.15) is 131 Å². The van der Waals surface area contributed by atoms with Crippen molar-refractivity contribution in [2.24, 2.45) is 35.5 Å². The fourth-order valence-corrected chi connectivity index (χ4v) is 10.00. The molecule has 68 heavy (non-hydrogen) atoms. The molecule has 14 heteroatoms. The molecule has 1 saturated heterocycles. The van der Waals surface area contributed by atoms with Gasteiger partial charge in [0.05, 0.1) is 42.7 Å². The first-order chi connectivity index (χ1) is 32.3. The highest BCUT2D eigenvalue weighted by Gasteiger charge is 2.42. The second-order valence-corrected chi connectivity index (χ2v) is 20.0. The molecule has 4 amide bonds. The van der Waals surface area contributed by atoms with Crippen molar-refractivity contribution in [1.82, 2.24) is 25.8 Å². The third-order valence-electron chi connectivity index (χ3n) is 14.4. The fraction of sp³-hybridized carbons (Fsp3) is 0.667. The van der Waals surface area contributed by atoms with E-state index in [2.05, 4.69) is 29.8 Å². The van der Waals surface area contributed by atoms with Crippen LogP contribution in [0.4, 0.5) is 0 Å². The molecule has 0 bridgehead atoms. The normalized spacial score (nSPS) is 18.5. The third kappa shape index (κ3) is 16.8. The number of amides is 4. The number of hydrogen-bond donors (Lipinski definition) is 4. The Morgan fingerprint density at radius 2 is 1.41 bits per heavy atom. The van der Waals surface area contributed by atoms with Gasteiger partial charge in [-0.3, -0.25) is 33.7 Å². The van der Waals surface area contributed by atoms with Crippen LogP contribution in [-0.4, -0.2) is 121 Å². The van der Waals surface area contributed by atoms with Crippen LogP contribution < -0.4 is 16.0 Å². The number of likely N-dealkylation sites (N-methyl/N-ethyl adjacent to an activating group) is 1. The summed E-state index contributed by atoms with van der Waals surface area (Å²) in [5.74, 6) is -3.39. The van der Waals surface area contributed by atoms with Gasteiger partial charge in [-0.1, -0.05) is 129 Å². The van der Waals surface area contributed by atoms with Crippen molar-refractivity contribution in [1.29, 1.82) is 0 Å². The number of ether oxygens (including phenoxy) is 2. The molecule has 0 radical (unpaired) electrons. The number of aliphatic carboxylic acids is 1. The molecule has 11 atom stereocenters. The van der Waals surface area contributed by atoms with Crippen molar-refractivity contribution in [3.05, 3.63) is 71.8 Å². The van der Waals surface area contributed by atoms with Crippen LogP contribution in [0, 0.1) is 35.5 Å². The number of nitrogens with one attached hydrogen (secondary N) is 3. The number of carboxylic acid groups (broad SMARTS) is 1. The molecule has 1 fully saturated rings. The number of carboxylic acids is 1.